The number of thiazole rings is 1. The topological polar surface area (TPSA) is 68.0 Å². The first kappa shape index (κ1) is 20.8. The van der Waals surface area contributed by atoms with Crippen LogP contribution in [0.3, 0.4) is 0 Å². The summed E-state index contributed by atoms with van der Waals surface area (Å²) in [6, 6.07) is 15.4. The molecule has 4 rings (SSSR count). The van der Waals surface area contributed by atoms with Crippen molar-refractivity contribution >= 4 is 34.0 Å². The van der Waals surface area contributed by atoms with Gasteiger partial charge in [0.1, 0.15) is 5.01 Å². The molecular formula is C23H23N3O2S2. The highest BCUT2D eigenvalue weighted by atomic mass is 32.2. The highest BCUT2D eigenvalue weighted by Gasteiger charge is 2.18. The zero-order valence-electron chi connectivity index (χ0n) is 16.9. The number of nitrogens with zero attached hydrogens (tertiary/aromatic N) is 3. The third-order valence-corrected chi connectivity index (χ3v) is 6.95. The van der Waals surface area contributed by atoms with Crippen molar-refractivity contribution in [3.63, 3.8) is 0 Å². The Hall–Kier alpha value is -2.48. The van der Waals surface area contributed by atoms with Crippen LogP contribution >= 0.6 is 23.1 Å². The van der Waals surface area contributed by atoms with Gasteiger partial charge in [-0.25, -0.2) is 9.97 Å². The van der Waals surface area contributed by atoms with Gasteiger partial charge in [0.05, 0.1) is 29.2 Å². The molecule has 154 valence electrons. The van der Waals surface area contributed by atoms with Crippen LogP contribution in [0.25, 0.3) is 21.5 Å². The minimum absolute atomic E-state index is 0.0989. The molecule has 2 aromatic heterocycles. The van der Waals surface area contributed by atoms with Gasteiger partial charge in [-0.2, -0.15) is 0 Å². The van der Waals surface area contributed by atoms with Crippen LogP contribution in [0.5, 0.6) is 0 Å². The lowest BCUT2D eigenvalue weighted by Gasteiger charge is -2.19. The number of aromatic nitrogens is 3. The molecule has 0 aliphatic heterocycles. The van der Waals surface area contributed by atoms with Crippen LogP contribution in [0.2, 0.25) is 0 Å². The Kier molecular flexibility index (Phi) is 6.32. The molecule has 2 heterocycles. The molecule has 0 saturated carbocycles. The van der Waals surface area contributed by atoms with Crippen LogP contribution in [0.15, 0.2) is 63.9 Å². The maximum absolute atomic E-state index is 13.1. The lowest BCUT2D eigenvalue weighted by atomic mass is 10.2. The Morgan fingerprint density at radius 1 is 1.13 bits per heavy atom. The van der Waals surface area contributed by atoms with E-state index >= 15 is 0 Å². The second kappa shape index (κ2) is 9.12. The molecule has 5 nitrogen and oxygen atoms in total. The molecule has 0 saturated heterocycles. The standard InChI is InChI=1S/C23H23N3O2S2/c1-3-18(12-27)26-22(28)19-6-4-5-7-20(19)25-23(26)30-14-17-13-29-21(24-17)16-10-8-15(2)9-11-16/h4-11,13,18,27H,3,12,14H2,1-2H3/t18-/m0/s1. The van der Waals surface area contributed by atoms with Gasteiger partial charge in [0.2, 0.25) is 0 Å². The maximum Gasteiger partial charge on any atom is 0.262 e. The number of hydrogen-bond donors (Lipinski definition) is 1. The van der Waals surface area contributed by atoms with E-state index in [1.807, 2.05) is 25.1 Å². The summed E-state index contributed by atoms with van der Waals surface area (Å²) in [7, 11) is 0. The van der Waals surface area contributed by atoms with Gasteiger partial charge in [0.15, 0.2) is 5.16 Å². The molecule has 0 fully saturated rings. The number of fused-ring (bicyclic) bond motifs is 1. The van der Waals surface area contributed by atoms with Gasteiger partial charge in [-0.1, -0.05) is 60.6 Å². The average Bonchev–Trinajstić information content (AvgIpc) is 3.24. The highest BCUT2D eigenvalue weighted by Crippen LogP contribution is 2.29. The number of hydrogen-bond acceptors (Lipinski definition) is 6. The van der Waals surface area contributed by atoms with Crippen LogP contribution in [-0.4, -0.2) is 26.2 Å². The van der Waals surface area contributed by atoms with Crippen molar-refractivity contribution in [1.82, 2.24) is 14.5 Å². The molecule has 0 aliphatic rings. The van der Waals surface area contributed by atoms with Crippen LogP contribution in [0.4, 0.5) is 0 Å². The monoisotopic (exact) mass is 437 g/mol. The fourth-order valence-corrected chi connectivity index (χ4v) is 5.17. The van der Waals surface area contributed by atoms with E-state index in [-0.39, 0.29) is 18.2 Å². The zero-order valence-corrected chi connectivity index (χ0v) is 18.5. The minimum atomic E-state index is -0.296. The van der Waals surface area contributed by atoms with Crippen LogP contribution in [0, 0.1) is 6.92 Å². The van der Waals surface area contributed by atoms with E-state index in [0.717, 1.165) is 16.3 Å². The van der Waals surface area contributed by atoms with Gasteiger partial charge in [-0.05, 0) is 25.5 Å². The third-order valence-electron chi connectivity index (χ3n) is 5.02. The van der Waals surface area contributed by atoms with E-state index in [1.54, 1.807) is 22.0 Å². The van der Waals surface area contributed by atoms with Gasteiger partial charge in [0.25, 0.3) is 5.56 Å². The van der Waals surface area contributed by atoms with Gasteiger partial charge in [0, 0.05) is 16.7 Å². The molecule has 1 N–H and O–H groups in total. The summed E-state index contributed by atoms with van der Waals surface area (Å²) in [5, 5.41) is 14.0. The Labute approximate surface area is 183 Å². The van der Waals surface area contributed by atoms with E-state index in [4.69, 9.17) is 9.97 Å². The molecule has 0 spiro atoms. The van der Waals surface area contributed by atoms with Crippen molar-refractivity contribution in [2.24, 2.45) is 0 Å². The number of aryl methyl sites for hydroxylation is 1. The minimum Gasteiger partial charge on any atom is -0.394 e. The van der Waals surface area contributed by atoms with Gasteiger partial charge >= 0.3 is 0 Å². The first-order chi connectivity index (χ1) is 14.6. The normalized spacial score (nSPS) is 12.4. The second-order valence-corrected chi connectivity index (χ2v) is 8.93. The third kappa shape index (κ3) is 4.19. The number of benzene rings is 2. The number of rotatable bonds is 7. The maximum atomic E-state index is 13.1. The van der Waals surface area contributed by atoms with E-state index in [9.17, 15) is 9.90 Å². The fourth-order valence-electron chi connectivity index (χ4n) is 3.28. The summed E-state index contributed by atoms with van der Waals surface area (Å²) in [6.45, 7) is 3.93. The van der Waals surface area contributed by atoms with Gasteiger partial charge < -0.3 is 5.11 Å². The number of para-hydroxylation sites is 1. The number of aliphatic hydroxyl groups excluding tert-OH is 1. The first-order valence-electron chi connectivity index (χ1n) is 9.87. The van der Waals surface area contributed by atoms with Gasteiger partial charge in [-0.15, -0.1) is 11.3 Å². The van der Waals surface area contributed by atoms with Crippen LogP contribution < -0.4 is 5.56 Å². The van der Waals surface area contributed by atoms with Crippen LogP contribution in [-0.2, 0) is 5.75 Å². The fraction of sp³-hybridized carbons (Fsp3) is 0.261. The lowest BCUT2D eigenvalue weighted by molar-refractivity contribution is 0.213. The summed E-state index contributed by atoms with van der Waals surface area (Å²) in [5.41, 5.74) is 3.84. The Bertz CT molecular complexity index is 1210. The lowest BCUT2D eigenvalue weighted by Crippen LogP contribution is -2.29. The Morgan fingerprint density at radius 2 is 1.90 bits per heavy atom. The Morgan fingerprint density at radius 3 is 2.63 bits per heavy atom. The van der Waals surface area contributed by atoms with E-state index < -0.39 is 0 Å². The predicted molar refractivity (Wildman–Crippen MR) is 124 cm³/mol. The molecule has 2 aromatic carbocycles. The second-order valence-electron chi connectivity index (χ2n) is 7.13. The van der Waals surface area contributed by atoms with Crippen molar-refractivity contribution in [2.75, 3.05) is 6.61 Å². The molecule has 4 aromatic rings. The SMILES string of the molecule is CC[C@@H](CO)n1c(SCc2csc(-c3ccc(C)cc3)n2)nc2ccccc2c1=O. The van der Waals surface area contributed by atoms with E-state index in [1.165, 1.54) is 17.3 Å². The van der Waals surface area contributed by atoms with E-state index in [2.05, 4.69) is 36.6 Å². The number of thioether (sulfide) groups is 1. The van der Waals surface area contributed by atoms with Gasteiger partial charge in [-0.3, -0.25) is 9.36 Å². The summed E-state index contributed by atoms with van der Waals surface area (Å²) in [6.07, 6.45) is 0.651. The molecule has 0 bridgehead atoms. The molecule has 1 atom stereocenters. The molecule has 0 radical (unpaired) electrons. The summed E-state index contributed by atoms with van der Waals surface area (Å²) in [5.74, 6) is 0.606. The van der Waals surface area contributed by atoms with Crippen molar-refractivity contribution in [2.45, 2.75) is 37.2 Å². The predicted octanol–water partition coefficient (Wildman–Crippen LogP) is 5.06. The number of aliphatic hydroxyl groups is 1. The van der Waals surface area contributed by atoms with E-state index in [0.29, 0.717) is 28.2 Å². The summed E-state index contributed by atoms with van der Waals surface area (Å²) >= 11 is 3.10. The first-order valence-corrected chi connectivity index (χ1v) is 11.7. The zero-order chi connectivity index (χ0) is 21.1. The van der Waals surface area contributed by atoms with Crippen molar-refractivity contribution in [3.8, 4) is 10.6 Å². The van der Waals surface area contributed by atoms with Crippen molar-refractivity contribution < 1.29 is 5.11 Å². The molecule has 0 amide bonds. The van der Waals surface area contributed by atoms with Crippen LogP contribution in [0.1, 0.15) is 30.6 Å². The molecular weight excluding hydrogens is 414 g/mol. The molecule has 7 heteroatoms. The molecule has 30 heavy (non-hydrogen) atoms. The highest BCUT2D eigenvalue weighted by molar-refractivity contribution is 7.98. The summed E-state index contributed by atoms with van der Waals surface area (Å²) in [4.78, 5) is 22.6. The molecule has 0 aliphatic carbocycles. The summed E-state index contributed by atoms with van der Waals surface area (Å²) < 4.78 is 1.64. The quantitative estimate of drug-likeness (QED) is 0.323. The average molecular weight is 438 g/mol. The van der Waals surface area contributed by atoms with Crippen molar-refractivity contribution in [3.05, 3.63) is 75.5 Å². The largest absolute Gasteiger partial charge is 0.394 e. The Balaban J connectivity index is 1.64. The smallest absolute Gasteiger partial charge is 0.262 e. The molecule has 0 unspecified atom stereocenters. The van der Waals surface area contributed by atoms with Crippen molar-refractivity contribution in [1.29, 1.82) is 0 Å².